The number of benzene rings is 1. The molecule has 0 radical (unpaired) electrons. The van der Waals surface area contributed by atoms with Gasteiger partial charge < -0.3 is 15.4 Å². The van der Waals surface area contributed by atoms with Crippen molar-refractivity contribution in [2.45, 2.75) is 34.2 Å². The van der Waals surface area contributed by atoms with Crippen LogP contribution in [0.2, 0.25) is 0 Å². The van der Waals surface area contributed by atoms with Crippen LogP contribution in [0.15, 0.2) is 24.4 Å². The minimum Gasteiger partial charge on any atom is -0.491 e. The molecule has 0 fully saturated rings. The molecule has 1 aromatic carbocycles. The molecule has 3 N–H and O–H groups in total. The Morgan fingerprint density at radius 1 is 1.27 bits per heavy atom. The van der Waals surface area contributed by atoms with Gasteiger partial charge in [-0.25, -0.2) is 9.78 Å². The molecule has 8 heteroatoms. The highest BCUT2D eigenvalue weighted by atomic mass is 32.1. The van der Waals surface area contributed by atoms with Gasteiger partial charge in [-0.05, 0) is 30.5 Å². The number of nitrogens with one attached hydrogen (secondary N) is 3. The summed E-state index contributed by atoms with van der Waals surface area (Å²) in [5.41, 5.74) is 1.65. The summed E-state index contributed by atoms with van der Waals surface area (Å²) in [5, 5.41) is 8.63. The van der Waals surface area contributed by atoms with Crippen molar-refractivity contribution in [1.29, 1.82) is 0 Å². The Bertz CT molecular complexity index is 774. The van der Waals surface area contributed by atoms with Crippen LogP contribution in [0.1, 0.15) is 31.2 Å². The minimum atomic E-state index is -0.399. The van der Waals surface area contributed by atoms with E-state index in [1.807, 2.05) is 25.1 Å². The van der Waals surface area contributed by atoms with E-state index in [-0.39, 0.29) is 5.91 Å². The highest BCUT2D eigenvalue weighted by molar-refractivity contribution is 7.15. The van der Waals surface area contributed by atoms with Gasteiger partial charge in [0.05, 0.1) is 18.8 Å². The minimum absolute atomic E-state index is 0.112. The fourth-order valence-electron chi connectivity index (χ4n) is 2.02. The van der Waals surface area contributed by atoms with E-state index in [1.54, 1.807) is 6.20 Å². The van der Waals surface area contributed by atoms with Gasteiger partial charge in [0.2, 0.25) is 5.91 Å². The van der Waals surface area contributed by atoms with E-state index in [0.29, 0.717) is 35.6 Å². The van der Waals surface area contributed by atoms with Crippen molar-refractivity contribution in [3.63, 3.8) is 0 Å². The third-order valence-electron chi connectivity index (χ3n) is 3.24. The molecule has 2 aromatic rings. The number of hydrogen-bond donors (Lipinski definition) is 3. The summed E-state index contributed by atoms with van der Waals surface area (Å²) in [5.74, 6) is 0.910. The lowest BCUT2D eigenvalue weighted by Crippen LogP contribution is -2.20. The van der Waals surface area contributed by atoms with Crippen molar-refractivity contribution in [3.05, 3.63) is 34.8 Å². The maximum atomic E-state index is 12.3. The van der Waals surface area contributed by atoms with Gasteiger partial charge in [0, 0.05) is 18.0 Å². The molecule has 3 amide bonds. The molecular weight excluding hydrogens is 352 g/mol. The quantitative estimate of drug-likeness (QED) is 0.686. The second kappa shape index (κ2) is 9.19. The molecule has 0 unspecified atom stereocenters. The van der Waals surface area contributed by atoms with Crippen LogP contribution in [-0.4, -0.2) is 23.5 Å². The lowest BCUT2D eigenvalue weighted by molar-refractivity contribution is -0.119. The largest absolute Gasteiger partial charge is 0.491 e. The number of aromatic nitrogens is 1. The van der Waals surface area contributed by atoms with Crippen LogP contribution in [0.25, 0.3) is 0 Å². The molecule has 140 valence electrons. The zero-order valence-electron chi connectivity index (χ0n) is 15.4. The van der Waals surface area contributed by atoms with Gasteiger partial charge in [-0.15, -0.1) is 0 Å². The molecule has 0 saturated carbocycles. The molecule has 2 rings (SSSR count). The molecule has 0 atom stereocenters. The van der Waals surface area contributed by atoms with Crippen molar-refractivity contribution >= 4 is 34.1 Å². The fourth-order valence-corrected chi connectivity index (χ4v) is 2.77. The number of thiazole rings is 1. The molecule has 0 aliphatic rings. The molecule has 1 aromatic heterocycles. The van der Waals surface area contributed by atoms with Gasteiger partial charge in [-0.2, -0.15) is 0 Å². The van der Waals surface area contributed by atoms with E-state index >= 15 is 0 Å². The van der Waals surface area contributed by atoms with Gasteiger partial charge in [-0.3, -0.25) is 10.1 Å². The smallest absolute Gasteiger partial charge is 0.325 e. The van der Waals surface area contributed by atoms with Crippen LogP contribution < -0.4 is 20.7 Å². The monoisotopic (exact) mass is 376 g/mol. The van der Waals surface area contributed by atoms with Crippen molar-refractivity contribution in [2.24, 2.45) is 5.92 Å². The molecule has 7 nitrogen and oxygen atoms in total. The van der Waals surface area contributed by atoms with E-state index in [4.69, 9.17) is 4.74 Å². The second-order valence-electron chi connectivity index (χ2n) is 6.33. The number of anilines is 2. The van der Waals surface area contributed by atoms with E-state index in [0.717, 1.165) is 10.4 Å². The Morgan fingerprint density at radius 3 is 2.73 bits per heavy atom. The molecule has 1 heterocycles. The maximum Gasteiger partial charge on any atom is 0.325 e. The van der Waals surface area contributed by atoms with Crippen LogP contribution in [0.3, 0.4) is 0 Å². The number of carbonyl (C=O) groups is 2. The Labute approximate surface area is 157 Å². The molecule has 0 bridgehead atoms. The number of carbonyl (C=O) groups excluding carboxylic acids is 2. The first-order chi connectivity index (χ1) is 12.3. The molecule has 0 aliphatic heterocycles. The van der Waals surface area contributed by atoms with Gasteiger partial charge in [0.25, 0.3) is 0 Å². The zero-order valence-corrected chi connectivity index (χ0v) is 16.2. The van der Waals surface area contributed by atoms with Gasteiger partial charge in [0.1, 0.15) is 5.75 Å². The number of amides is 3. The normalized spacial score (nSPS) is 10.5. The molecular formula is C18H24N4O3S. The van der Waals surface area contributed by atoms with Crippen LogP contribution in [0, 0.1) is 12.8 Å². The van der Waals surface area contributed by atoms with Crippen molar-refractivity contribution in [1.82, 2.24) is 10.3 Å². The summed E-state index contributed by atoms with van der Waals surface area (Å²) in [6.45, 7) is 8.51. The number of nitrogens with zero attached hydrogens (tertiary/aromatic N) is 1. The predicted molar refractivity (Wildman–Crippen MR) is 104 cm³/mol. The van der Waals surface area contributed by atoms with Crippen molar-refractivity contribution < 1.29 is 14.3 Å². The Morgan fingerprint density at radius 2 is 2.04 bits per heavy atom. The average Bonchev–Trinajstić information content (AvgIpc) is 3.00. The Balaban J connectivity index is 1.98. The SMILES string of the molecule is CC(=O)NCc1cnc(NC(=O)Nc2ccc(C)cc2OCC(C)C)s1. The van der Waals surface area contributed by atoms with Crippen LogP contribution >= 0.6 is 11.3 Å². The summed E-state index contributed by atoms with van der Waals surface area (Å²) in [7, 11) is 0. The third kappa shape index (κ3) is 6.36. The summed E-state index contributed by atoms with van der Waals surface area (Å²) in [6, 6.07) is 5.22. The predicted octanol–water partition coefficient (Wildman–Crippen LogP) is 3.77. The first-order valence-electron chi connectivity index (χ1n) is 8.34. The third-order valence-corrected chi connectivity index (χ3v) is 4.16. The average molecular weight is 376 g/mol. The first-order valence-corrected chi connectivity index (χ1v) is 9.15. The highest BCUT2D eigenvalue weighted by Gasteiger charge is 2.11. The summed E-state index contributed by atoms with van der Waals surface area (Å²) < 4.78 is 5.79. The van der Waals surface area contributed by atoms with Crippen LogP contribution in [-0.2, 0) is 11.3 Å². The maximum absolute atomic E-state index is 12.3. The number of ether oxygens (including phenoxy) is 1. The standard InChI is InChI=1S/C18H24N4O3S/c1-11(2)10-25-16-7-12(3)5-6-15(16)21-17(24)22-18-20-9-14(26-18)8-19-13(4)23/h5-7,9,11H,8,10H2,1-4H3,(H,19,23)(H2,20,21,22,24). The van der Waals surface area contributed by atoms with Gasteiger partial charge in [-0.1, -0.05) is 31.3 Å². The van der Waals surface area contributed by atoms with Gasteiger partial charge >= 0.3 is 6.03 Å². The summed E-state index contributed by atoms with van der Waals surface area (Å²) in [6.07, 6.45) is 1.62. The number of urea groups is 1. The molecule has 0 saturated heterocycles. The van der Waals surface area contributed by atoms with E-state index in [1.165, 1.54) is 18.3 Å². The molecule has 26 heavy (non-hydrogen) atoms. The van der Waals surface area contributed by atoms with E-state index in [9.17, 15) is 9.59 Å². The highest BCUT2D eigenvalue weighted by Crippen LogP contribution is 2.27. The number of aryl methyl sites for hydroxylation is 1. The lowest BCUT2D eigenvalue weighted by atomic mass is 10.2. The Kier molecular flexibility index (Phi) is 6.97. The number of rotatable bonds is 7. The van der Waals surface area contributed by atoms with Crippen LogP contribution in [0.5, 0.6) is 5.75 Å². The summed E-state index contributed by atoms with van der Waals surface area (Å²) >= 11 is 1.31. The first kappa shape index (κ1) is 19.7. The van der Waals surface area contributed by atoms with E-state index < -0.39 is 6.03 Å². The zero-order chi connectivity index (χ0) is 19.1. The molecule has 0 aliphatic carbocycles. The summed E-state index contributed by atoms with van der Waals surface area (Å²) in [4.78, 5) is 28.2. The lowest BCUT2D eigenvalue weighted by Gasteiger charge is -2.14. The fraction of sp³-hybridized carbons (Fsp3) is 0.389. The van der Waals surface area contributed by atoms with Gasteiger partial charge in [0.15, 0.2) is 5.13 Å². The Hall–Kier alpha value is -2.61. The topological polar surface area (TPSA) is 92.4 Å². The van der Waals surface area contributed by atoms with Crippen molar-refractivity contribution in [2.75, 3.05) is 17.2 Å². The molecule has 0 spiro atoms. The number of hydrogen-bond acceptors (Lipinski definition) is 5. The van der Waals surface area contributed by atoms with E-state index in [2.05, 4.69) is 34.8 Å². The van der Waals surface area contributed by atoms with Crippen molar-refractivity contribution in [3.8, 4) is 5.75 Å². The van der Waals surface area contributed by atoms with Crippen LogP contribution in [0.4, 0.5) is 15.6 Å². The second-order valence-corrected chi connectivity index (χ2v) is 7.44.